The van der Waals surface area contributed by atoms with E-state index in [9.17, 15) is 0 Å². The van der Waals surface area contributed by atoms with Crippen molar-refractivity contribution in [3.05, 3.63) is 0 Å². The Bertz CT molecular complexity index is 368. The van der Waals surface area contributed by atoms with E-state index in [0.29, 0.717) is 0 Å². The van der Waals surface area contributed by atoms with Crippen molar-refractivity contribution in [3.8, 4) is 0 Å². The molecular formula is C15H20. The first-order valence-corrected chi connectivity index (χ1v) is 7.43. The van der Waals surface area contributed by atoms with E-state index >= 15 is 0 Å². The van der Waals surface area contributed by atoms with Gasteiger partial charge in [0.1, 0.15) is 0 Å². The van der Waals surface area contributed by atoms with Gasteiger partial charge in [-0.25, -0.2) is 0 Å². The molecule has 0 aromatic rings. The highest BCUT2D eigenvalue weighted by Crippen LogP contribution is 2.93. The Morgan fingerprint density at radius 1 is 0.800 bits per heavy atom. The molecule has 80 valence electrons. The van der Waals surface area contributed by atoms with Crippen LogP contribution in [-0.2, 0) is 0 Å². The second-order valence-electron chi connectivity index (χ2n) is 7.71. The standard InChI is InChI=1S/C15H20/c1-2-7(3-1)15-6-10(15)13-11-8-4-5-9(8)12(11)14(13)15/h7-14H,1-6H2. The average Bonchev–Trinajstić information content (AvgIpc) is 2.68. The van der Waals surface area contributed by atoms with Gasteiger partial charge in [0.2, 0.25) is 0 Å². The molecule has 0 heterocycles. The van der Waals surface area contributed by atoms with Crippen molar-refractivity contribution >= 4 is 0 Å². The predicted octanol–water partition coefficient (Wildman–Crippen LogP) is 3.32. The van der Waals surface area contributed by atoms with Gasteiger partial charge in [0.15, 0.2) is 0 Å². The first kappa shape index (κ1) is 7.35. The van der Waals surface area contributed by atoms with Crippen molar-refractivity contribution in [2.45, 2.75) is 38.5 Å². The molecule has 8 unspecified atom stereocenters. The van der Waals surface area contributed by atoms with Crippen LogP contribution in [0.2, 0.25) is 0 Å². The van der Waals surface area contributed by atoms with Gasteiger partial charge < -0.3 is 0 Å². The first-order chi connectivity index (χ1) is 7.43. The molecule has 0 aliphatic heterocycles. The molecule has 8 atom stereocenters. The van der Waals surface area contributed by atoms with Gasteiger partial charge >= 0.3 is 0 Å². The summed E-state index contributed by atoms with van der Waals surface area (Å²) in [6.07, 6.45) is 9.74. The van der Waals surface area contributed by atoms with Crippen molar-refractivity contribution in [3.63, 3.8) is 0 Å². The quantitative estimate of drug-likeness (QED) is 0.570. The lowest BCUT2D eigenvalue weighted by Crippen LogP contribution is -2.75. The molecule has 6 fully saturated rings. The second-order valence-corrected chi connectivity index (χ2v) is 7.71. The van der Waals surface area contributed by atoms with Crippen LogP contribution < -0.4 is 0 Å². The van der Waals surface area contributed by atoms with Crippen molar-refractivity contribution in [2.75, 3.05) is 0 Å². The number of hydrogen-bond donors (Lipinski definition) is 0. The minimum Gasteiger partial charge on any atom is -0.0527 e. The van der Waals surface area contributed by atoms with E-state index < -0.39 is 0 Å². The molecule has 0 N–H and O–H groups in total. The Hall–Kier alpha value is 0. The molecule has 0 spiro atoms. The van der Waals surface area contributed by atoms with E-state index in [-0.39, 0.29) is 0 Å². The van der Waals surface area contributed by atoms with Gasteiger partial charge in [0.05, 0.1) is 0 Å². The topological polar surface area (TPSA) is 0 Å². The summed E-state index contributed by atoms with van der Waals surface area (Å²) < 4.78 is 0. The summed E-state index contributed by atoms with van der Waals surface area (Å²) >= 11 is 0. The summed E-state index contributed by atoms with van der Waals surface area (Å²) in [4.78, 5) is 0. The summed E-state index contributed by atoms with van der Waals surface area (Å²) in [7, 11) is 0. The Balaban J connectivity index is 1.37. The largest absolute Gasteiger partial charge is 0.0527 e. The first-order valence-electron chi connectivity index (χ1n) is 7.43. The summed E-state index contributed by atoms with van der Waals surface area (Å²) in [5, 5.41) is 0. The normalized spacial score (nSPS) is 76.4. The van der Waals surface area contributed by atoms with Crippen molar-refractivity contribution in [2.24, 2.45) is 52.8 Å². The van der Waals surface area contributed by atoms with E-state index in [1.807, 2.05) is 0 Å². The molecule has 0 heteroatoms. The Morgan fingerprint density at radius 3 is 2.27 bits per heavy atom. The van der Waals surface area contributed by atoms with Crippen LogP contribution in [0.25, 0.3) is 0 Å². The lowest BCUT2D eigenvalue weighted by atomic mass is 9.25. The number of hydrogen-bond acceptors (Lipinski definition) is 0. The zero-order chi connectivity index (χ0) is 9.36. The van der Waals surface area contributed by atoms with Gasteiger partial charge in [-0.15, -0.1) is 0 Å². The van der Waals surface area contributed by atoms with Crippen LogP contribution in [0.3, 0.4) is 0 Å². The van der Waals surface area contributed by atoms with Gasteiger partial charge in [0.25, 0.3) is 0 Å². The van der Waals surface area contributed by atoms with Crippen LogP contribution >= 0.6 is 0 Å². The van der Waals surface area contributed by atoms with Gasteiger partial charge in [-0.1, -0.05) is 6.42 Å². The summed E-state index contributed by atoms with van der Waals surface area (Å²) in [5.41, 5.74) is 1.00. The fourth-order valence-corrected chi connectivity index (χ4v) is 7.33. The molecule has 0 nitrogen and oxygen atoms in total. The molecule has 0 aromatic heterocycles. The maximum Gasteiger partial charge on any atom is -0.0201 e. The summed E-state index contributed by atoms with van der Waals surface area (Å²) in [5.74, 6) is 10.2. The fraction of sp³-hybridized carbons (Fsp3) is 1.00. The molecule has 0 radical (unpaired) electrons. The van der Waals surface area contributed by atoms with Gasteiger partial charge in [0, 0.05) is 0 Å². The highest BCUT2D eigenvalue weighted by molar-refractivity contribution is 5.35. The van der Waals surface area contributed by atoms with Crippen LogP contribution in [-0.4, -0.2) is 0 Å². The third-order valence-corrected chi connectivity index (χ3v) is 8.14. The predicted molar refractivity (Wildman–Crippen MR) is 58.1 cm³/mol. The molecular weight excluding hydrogens is 180 g/mol. The van der Waals surface area contributed by atoms with Gasteiger partial charge in [-0.05, 0) is 84.9 Å². The summed E-state index contributed by atoms with van der Waals surface area (Å²) in [6, 6.07) is 0. The summed E-state index contributed by atoms with van der Waals surface area (Å²) in [6.45, 7) is 0. The van der Waals surface area contributed by atoms with E-state index in [4.69, 9.17) is 0 Å². The minimum atomic E-state index is 1.00. The molecule has 0 bridgehead atoms. The third kappa shape index (κ3) is 0.492. The van der Waals surface area contributed by atoms with Crippen LogP contribution in [0, 0.1) is 52.8 Å². The van der Waals surface area contributed by atoms with Crippen LogP contribution in [0.1, 0.15) is 38.5 Å². The van der Waals surface area contributed by atoms with E-state index in [1.54, 1.807) is 38.5 Å². The van der Waals surface area contributed by atoms with Crippen molar-refractivity contribution in [1.82, 2.24) is 0 Å². The second kappa shape index (κ2) is 1.83. The highest BCUT2D eigenvalue weighted by Gasteiger charge is 2.88. The Morgan fingerprint density at radius 2 is 1.60 bits per heavy atom. The highest BCUT2D eigenvalue weighted by atomic mass is 14.9. The molecule has 6 rings (SSSR count). The maximum absolute atomic E-state index is 1.69. The zero-order valence-corrected chi connectivity index (χ0v) is 9.36. The molecule has 6 aliphatic rings. The van der Waals surface area contributed by atoms with E-state index in [1.165, 1.54) is 47.3 Å². The van der Waals surface area contributed by atoms with Crippen LogP contribution in [0.4, 0.5) is 0 Å². The molecule has 6 aliphatic carbocycles. The van der Waals surface area contributed by atoms with Gasteiger partial charge in [-0.2, -0.15) is 0 Å². The number of fused-ring (bicyclic) bond motifs is 10. The van der Waals surface area contributed by atoms with Crippen molar-refractivity contribution in [1.29, 1.82) is 0 Å². The zero-order valence-electron chi connectivity index (χ0n) is 9.36. The Labute approximate surface area is 91.8 Å². The monoisotopic (exact) mass is 200 g/mol. The lowest BCUT2D eigenvalue weighted by molar-refractivity contribution is -0.324. The minimum absolute atomic E-state index is 1.00. The fourth-order valence-electron chi connectivity index (χ4n) is 7.33. The lowest BCUT2D eigenvalue weighted by Gasteiger charge is -2.80. The van der Waals surface area contributed by atoms with Crippen LogP contribution in [0.15, 0.2) is 0 Å². The molecule has 15 heavy (non-hydrogen) atoms. The SMILES string of the molecule is C1CC(C23CC2C2C4C5CCC5C4C23)C1. The van der Waals surface area contributed by atoms with Gasteiger partial charge in [-0.3, -0.25) is 0 Å². The van der Waals surface area contributed by atoms with Crippen molar-refractivity contribution < 1.29 is 0 Å². The average molecular weight is 200 g/mol. The molecule has 6 saturated carbocycles. The Kier molecular flexibility index (Phi) is 0.895. The van der Waals surface area contributed by atoms with E-state index in [0.717, 1.165) is 5.41 Å². The molecule has 0 saturated heterocycles. The number of rotatable bonds is 1. The third-order valence-electron chi connectivity index (χ3n) is 8.14. The smallest absolute Gasteiger partial charge is 0.0201 e. The van der Waals surface area contributed by atoms with E-state index in [2.05, 4.69) is 0 Å². The molecule has 0 aromatic carbocycles. The van der Waals surface area contributed by atoms with Crippen LogP contribution in [0.5, 0.6) is 0 Å². The maximum atomic E-state index is 1.69. The molecule has 0 amide bonds.